The van der Waals surface area contributed by atoms with Gasteiger partial charge in [-0.25, -0.2) is 4.79 Å². The SMILES string of the molecule is CCOC(=O)CCCCn1nc(Br)cc1C(=O)OCC. The number of carbonyl (C=O) groups is 2. The minimum atomic E-state index is -0.393. The number of rotatable bonds is 8. The highest BCUT2D eigenvalue weighted by Gasteiger charge is 2.15. The zero-order valence-corrected chi connectivity index (χ0v) is 13.3. The Balaban J connectivity index is 2.47. The van der Waals surface area contributed by atoms with E-state index in [-0.39, 0.29) is 5.97 Å². The summed E-state index contributed by atoms with van der Waals surface area (Å²) in [5.41, 5.74) is 0.412. The van der Waals surface area contributed by atoms with Crippen LogP contribution in [0.4, 0.5) is 0 Å². The molecule has 0 aliphatic rings. The van der Waals surface area contributed by atoms with Gasteiger partial charge in [0.2, 0.25) is 0 Å². The van der Waals surface area contributed by atoms with Gasteiger partial charge in [0.1, 0.15) is 10.3 Å². The standard InChI is InChI=1S/C13H19BrN2O4/c1-3-19-12(17)7-5-6-8-16-10(9-11(14)15-16)13(18)20-4-2/h9H,3-8H2,1-2H3. The molecule has 0 aliphatic carbocycles. The largest absolute Gasteiger partial charge is 0.466 e. The highest BCUT2D eigenvalue weighted by Crippen LogP contribution is 2.13. The highest BCUT2D eigenvalue weighted by atomic mass is 79.9. The van der Waals surface area contributed by atoms with Crippen LogP contribution in [0.1, 0.15) is 43.6 Å². The van der Waals surface area contributed by atoms with Crippen LogP contribution in [0.15, 0.2) is 10.7 Å². The van der Waals surface area contributed by atoms with E-state index in [1.807, 2.05) is 0 Å². The van der Waals surface area contributed by atoms with Gasteiger partial charge in [0, 0.05) is 19.0 Å². The molecule has 0 aliphatic heterocycles. The van der Waals surface area contributed by atoms with Crippen LogP contribution in [0.3, 0.4) is 0 Å². The number of aryl methyl sites for hydroxylation is 1. The van der Waals surface area contributed by atoms with Gasteiger partial charge in [-0.1, -0.05) is 0 Å². The van der Waals surface area contributed by atoms with Gasteiger partial charge >= 0.3 is 11.9 Å². The van der Waals surface area contributed by atoms with E-state index in [2.05, 4.69) is 21.0 Å². The van der Waals surface area contributed by atoms with Gasteiger partial charge in [0.05, 0.1) is 13.2 Å². The maximum atomic E-state index is 11.7. The number of halogens is 1. The van der Waals surface area contributed by atoms with Crippen molar-refractivity contribution in [2.75, 3.05) is 13.2 Å². The lowest BCUT2D eigenvalue weighted by Gasteiger charge is -2.06. The van der Waals surface area contributed by atoms with Gasteiger partial charge in [-0.3, -0.25) is 9.48 Å². The lowest BCUT2D eigenvalue weighted by Crippen LogP contribution is -2.13. The Morgan fingerprint density at radius 2 is 1.95 bits per heavy atom. The lowest BCUT2D eigenvalue weighted by atomic mass is 10.2. The molecule has 0 spiro atoms. The first-order valence-corrected chi connectivity index (χ1v) is 7.43. The molecule has 7 heteroatoms. The van der Waals surface area contributed by atoms with E-state index in [1.54, 1.807) is 24.6 Å². The molecule has 1 aromatic heterocycles. The van der Waals surface area contributed by atoms with Crippen molar-refractivity contribution in [1.82, 2.24) is 9.78 Å². The fraction of sp³-hybridized carbons (Fsp3) is 0.615. The third-order valence-electron chi connectivity index (χ3n) is 2.54. The van der Waals surface area contributed by atoms with Crippen molar-refractivity contribution in [2.45, 2.75) is 39.7 Å². The molecule has 0 fully saturated rings. The summed E-state index contributed by atoms with van der Waals surface area (Å²) in [7, 11) is 0. The monoisotopic (exact) mass is 346 g/mol. The van der Waals surface area contributed by atoms with E-state index in [0.29, 0.717) is 42.9 Å². The number of unbranched alkanes of at least 4 members (excludes halogenated alkanes) is 1. The van der Waals surface area contributed by atoms with Crippen molar-refractivity contribution >= 4 is 27.9 Å². The van der Waals surface area contributed by atoms with Crippen molar-refractivity contribution in [3.63, 3.8) is 0 Å². The Bertz CT molecular complexity index is 459. The van der Waals surface area contributed by atoms with Crippen LogP contribution in [-0.2, 0) is 20.8 Å². The minimum absolute atomic E-state index is 0.195. The molecule has 0 bridgehead atoms. The average molecular weight is 347 g/mol. The first-order valence-electron chi connectivity index (χ1n) is 6.64. The Labute approximate surface area is 126 Å². The Morgan fingerprint density at radius 3 is 2.60 bits per heavy atom. The van der Waals surface area contributed by atoms with Crippen LogP contribution in [0, 0.1) is 0 Å². The van der Waals surface area contributed by atoms with Gasteiger partial charge in [0.15, 0.2) is 0 Å². The zero-order valence-electron chi connectivity index (χ0n) is 11.7. The van der Waals surface area contributed by atoms with Gasteiger partial charge in [-0.2, -0.15) is 5.10 Å². The number of hydrogen-bond donors (Lipinski definition) is 0. The molecule has 0 aromatic carbocycles. The lowest BCUT2D eigenvalue weighted by molar-refractivity contribution is -0.143. The number of esters is 2. The summed E-state index contributed by atoms with van der Waals surface area (Å²) in [5.74, 6) is -0.587. The molecular formula is C13H19BrN2O4. The van der Waals surface area contributed by atoms with E-state index >= 15 is 0 Å². The van der Waals surface area contributed by atoms with E-state index in [9.17, 15) is 9.59 Å². The summed E-state index contributed by atoms with van der Waals surface area (Å²) in [5, 5.41) is 4.18. The Kier molecular flexibility index (Phi) is 7.28. The molecule has 1 rings (SSSR count). The number of hydrogen-bond acceptors (Lipinski definition) is 5. The van der Waals surface area contributed by atoms with E-state index in [0.717, 1.165) is 6.42 Å². The molecule has 0 saturated carbocycles. The molecular weight excluding hydrogens is 328 g/mol. The molecule has 1 heterocycles. The van der Waals surface area contributed by atoms with Crippen LogP contribution in [0.25, 0.3) is 0 Å². The van der Waals surface area contributed by atoms with Crippen LogP contribution in [-0.4, -0.2) is 34.9 Å². The summed E-state index contributed by atoms with van der Waals surface area (Å²) >= 11 is 3.24. The second-order valence-electron chi connectivity index (χ2n) is 4.06. The number of carbonyl (C=O) groups excluding carboxylic acids is 2. The van der Waals surface area contributed by atoms with E-state index < -0.39 is 5.97 Å². The molecule has 0 amide bonds. The topological polar surface area (TPSA) is 70.4 Å². The molecule has 0 unspecified atom stereocenters. The van der Waals surface area contributed by atoms with Gasteiger partial charge in [-0.15, -0.1) is 0 Å². The number of ether oxygens (including phenoxy) is 2. The zero-order chi connectivity index (χ0) is 15.0. The normalized spacial score (nSPS) is 10.3. The third kappa shape index (κ3) is 5.32. The predicted molar refractivity (Wildman–Crippen MR) is 76.4 cm³/mol. The van der Waals surface area contributed by atoms with Gasteiger partial charge < -0.3 is 9.47 Å². The maximum absolute atomic E-state index is 11.7. The van der Waals surface area contributed by atoms with Crippen molar-refractivity contribution in [2.24, 2.45) is 0 Å². The smallest absolute Gasteiger partial charge is 0.356 e. The highest BCUT2D eigenvalue weighted by molar-refractivity contribution is 9.10. The molecule has 0 radical (unpaired) electrons. The Morgan fingerprint density at radius 1 is 1.25 bits per heavy atom. The summed E-state index contributed by atoms with van der Waals surface area (Å²) in [6, 6.07) is 1.63. The third-order valence-corrected chi connectivity index (χ3v) is 2.93. The van der Waals surface area contributed by atoms with Crippen molar-refractivity contribution in [3.05, 3.63) is 16.4 Å². The molecule has 0 atom stereocenters. The summed E-state index contributed by atoms with van der Waals surface area (Å²) < 4.78 is 12.0. The Hall–Kier alpha value is -1.37. The van der Waals surface area contributed by atoms with Crippen LogP contribution >= 0.6 is 15.9 Å². The molecule has 0 N–H and O–H groups in total. The van der Waals surface area contributed by atoms with Crippen molar-refractivity contribution < 1.29 is 19.1 Å². The molecule has 112 valence electrons. The minimum Gasteiger partial charge on any atom is -0.466 e. The average Bonchev–Trinajstić information content (AvgIpc) is 2.77. The summed E-state index contributed by atoms with van der Waals surface area (Å²) in [6.45, 7) is 4.82. The fourth-order valence-corrected chi connectivity index (χ4v) is 2.10. The molecule has 20 heavy (non-hydrogen) atoms. The molecule has 0 saturated heterocycles. The number of nitrogens with zero attached hydrogens (tertiary/aromatic N) is 2. The first-order chi connectivity index (χ1) is 9.58. The summed E-state index contributed by atoms with van der Waals surface area (Å²) in [6.07, 6.45) is 1.81. The fourth-order valence-electron chi connectivity index (χ4n) is 1.69. The number of aromatic nitrogens is 2. The first kappa shape index (κ1) is 16.7. The van der Waals surface area contributed by atoms with Gasteiger partial charge in [0.25, 0.3) is 0 Å². The predicted octanol–water partition coefficient (Wildman–Crippen LogP) is 2.56. The maximum Gasteiger partial charge on any atom is 0.356 e. The quantitative estimate of drug-likeness (QED) is 0.534. The molecule has 6 nitrogen and oxygen atoms in total. The van der Waals surface area contributed by atoms with Crippen molar-refractivity contribution in [1.29, 1.82) is 0 Å². The molecule has 1 aromatic rings. The van der Waals surface area contributed by atoms with Gasteiger partial charge in [-0.05, 0) is 42.6 Å². The van der Waals surface area contributed by atoms with E-state index in [1.165, 1.54) is 0 Å². The van der Waals surface area contributed by atoms with Crippen molar-refractivity contribution in [3.8, 4) is 0 Å². The summed E-state index contributed by atoms with van der Waals surface area (Å²) in [4.78, 5) is 22.9. The second kappa shape index (κ2) is 8.73. The van der Waals surface area contributed by atoms with Crippen LogP contribution in [0.5, 0.6) is 0 Å². The second-order valence-corrected chi connectivity index (χ2v) is 4.87. The van der Waals surface area contributed by atoms with Crippen LogP contribution in [0.2, 0.25) is 0 Å². The van der Waals surface area contributed by atoms with Crippen LogP contribution < -0.4 is 0 Å². The van der Waals surface area contributed by atoms with E-state index in [4.69, 9.17) is 9.47 Å².